The Labute approximate surface area is 98.0 Å². The molecule has 0 bridgehead atoms. The summed E-state index contributed by atoms with van der Waals surface area (Å²) < 4.78 is 0. The van der Waals surface area contributed by atoms with Crippen LogP contribution in [0.5, 0.6) is 0 Å². The second-order valence-corrected chi connectivity index (χ2v) is 2.83. The zero-order valence-corrected chi connectivity index (χ0v) is 9.56. The average molecular weight is 243 g/mol. The van der Waals surface area contributed by atoms with Gasteiger partial charge in [-0.1, -0.05) is 62.6 Å². The Morgan fingerprint density at radius 3 is 1.64 bits per heavy atom. The van der Waals surface area contributed by atoms with Crippen LogP contribution in [0.1, 0.15) is 32.6 Å². The Hall–Kier alpha value is -0.301. The van der Waals surface area contributed by atoms with Gasteiger partial charge in [0.1, 0.15) is 0 Å². The van der Waals surface area contributed by atoms with Crippen LogP contribution in [0.2, 0.25) is 0 Å². The van der Waals surface area contributed by atoms with Gasteiger partial charge in [-0.2, -0.15) is 6.42 Å². The molecular formula is C12H19CuO. The van der Waals surface area contributed by atoms with Gasteiger partial charge in [-0.15, -0.1) is 0 Å². The van der Waals surface area contributed by atoms with E-state index in [2.05, 4.69) is 6.92 Å². The van der Waals surface area contributed by atoms with Crippen LogP contribution in [0.3, 0.4) is 0 Å². The first-order valence-corrected chi connectivity index (χ1v) is 4.87. The van der Waals surface area contributed by atoms with Gasteiger partial charge in [0.2, 0.25) is 0 Å². The molecule has 14 heavy (non-hydrogen) atoms. The molecule has 1 aromatic carbocycles. The van der Waals surface area contributed by atoms with Crippen LogP contribution in [0.4, 0.5) is 0 Å². The molecule has 2 heteroatoms. The molecule has 0 fully saturated rings. The second kappa shape index (κ2) is 15.2. The SMILES string of the molecule is CCCCC[CH-]O.[Cu+].c1ccccc1. The van der Waals surface area contributed by atoms with E-state index >= 15 is 0 Å². The molecule has 0 aliphatic heterocycles. The fourth-order valence-electron chi connectivity index (χ4n) is 0.871. The van der Waals surface area contributed by atoms with Crippen LogP contribution in [-0.2, 0) is 17.1 Å². The minimum absolute atomic E-state index is 0. The fourth-order valence-corrected chi connectivity index (χ4v) is 0.871. The summed E-state index contributed by atoms with van der Waals surface area (Å²) in [4.78, 5) is 0. The Bertz CT molecular complexity index is 135. The summed E-state index contributed by atoms with van der Waals surface area (Å²) in [5, 5.41) is 8.17. The summed E-state index contributed by atoms with van der Waals surface area (Å²) in [6.45, 7) is 3.38. The molecule has 84 valence electrons. The van der Waals surface area contributed by atoms with E-state index in [-0.39, 0.29) is 17.1 Å². The zero-order chi connectivity index (χ0) is 9.78. The van der Waals surface area contributed by atoms with E-state index in [1.54, 1.807) is 0 Å². The molecule has 1 aromatic rings. The van der Waals surface area contributed by atoms with E-state index in [1.807, 2.05) is 36.4 Å². The number of rotatable bonds is 4. The average Bonchev–Trinajstić information content (AvgIpc) is 2.22. The molecule has 0 unspecified atom stereocenters. The summed E-state index contributed by atoms with van der Waals surface area (Å²) in [6.07, 6.45) is 4.45. The van der Waals surface area contributed by atoms with Gasteiger partial charge in [0, 0.05) is 0 Å². The van der Waals surface area contributed by atoms with Crippen LogP contribution in [0.25, 0.3) is 0 Å². The molecule has 0 amide bonds. The van der Waals surface area contributed by atoms with Gasteiger partial charge < -0.3 is 5.11 Å². The first-order chi connectivity index (χ1) is 6.41. The van der Waals surface area contributed by atoms with Gasteiger partial charge in [0.25, 0.3) is 0 Å². The van der Waals surface area contributed by atoms with Crippen LogP contribution < -0.4 is 0 Å². The van der Waals surface area contributed by atoms with Crippen molar-refractivity contribution in [3.63, 3.8) is 0 Å². The van der Waals surface area contributed by atoms with Gasteiger partial charge in [-0.05, 0) is 0 Å². The van der Waals surface area contributed by atoms with Crippen molar-refractivity contribution in [2.75, 3.05) is 0 Å². The maximum atomic E-state index is 8.17. The molecular weight excluding hydrogens is 224 g/mol. The second-order valence-electron chi connectivity index (χ2n) is 2.83. The Balaban J connectivity index is 0. The molecule has 0 saturated heterocycles. The molecule has 0 saturated carbocycles. The molecule has 0 spiro atoms. The van der Waals surface area contributed by atoms with E-state index in [4.69, 9.17) is 5.11 Å². The molecule has 1 N–H and O–H groups in total. The van der Waals surface area contributed by atoms with Crippen LogP contribution in [-0.4, -0.2) is 5.11 Å². The zero-order valence-electron chi connectivity index (χ0n) is 8.62. The molecule has 0 atom stereocenters. The van der Waals surface area contributed by atoms with E-state index in [0.29, 0.717) is 0 Å². The largest absolute Gasteiger partial charge is 1.00 e. The Morgan fingerprint density at radius 1 is 0.929 bits per heavy atom. The van der Waals surface area contributed by atoms with Gasteiger partial charge in [-0.25, -0.2) is 6.61 Å². The van der Waals surface area contributed by atoms with Gasteiger partial charge in [0.15, 0.2) is 0 Å². The van der Waals surface area contributed by atoms with E-state index in [1.165, 1.54) is 19.4 Å². The van der Waals surface area contributed by atoms with E-state index < -0.39 is 0 Å². The summed E-state index contributed by atoms with van der Waals surface area (Å²) in [7, 11) is 0. The van der Waals surface area contributed by atoms with E-state index in [0.717, 1.165) is 12.8 Å². The first kappa shape index (κ1) is 16.1. The molecule has 1 nitrogen and oxygen atoms in total. The third kappa shape index (κ3) is 14.2. The number of unbranched alkanes of at least 4 members (excludes halogenated alkanes) is 3. The third-order valence-corrected chi connectivity index (χ3v) is 1.60. The van der Waals surface area contributed by atoms with E-state index in [9.17, 15) is 0 Å². The predicted octanol–water partition coefficient (Wildman–Crippen LogP) is 3.79. The monoisotopic (exact) mass is 242 g/mol. The molecule has 0 aromatic heterocycles. The number of aliphatic hydroxyl groups is 1. The minimum atomic E-state index is 0. The van der Waals surface area contributed by atoms with Crippen molar-refractivity contribution in [2.45, 2.75) is 32.6 Å². The quantitative estimate of drug-likeness (QED) is 0.484. The third-order valence-electron chi connectivity index (χ3n) is 1.60. The number of hydrogen-bond donors (Lipinski definition) is 1. The fraction of sp³-hybridized carbons (Fsp3) is 0.417. The summed E-state index contributed by atoms with van der Waals surface area (Å²) in [6, 6.07) is 12.0. The number of hydrogen-bond acceptors (Lipinski definition) is 1. The van der Waals surface area contributed by atoms with Gasteiger partial charge in [0.05, 0.1) is 0 Å². The topological polar surface area (TPSA) is 20.2 Å². The van der Waals surface area contributed by atoms with Gasteiger partial charge in [-0.3, -0.25) is 0 Å². The van der Waals surface area contributed by atoms with Gasteiger partial charge >= 0.3 is 17.1 Å². The standard InChI is InChI=1S/C6H13O.C6H6.Cu/c1-2-3-4-5-6-7;1-2-4-6-5-3-1;/h6-7H,2-5H2,1H3;1-6H;/q-1;;+1. The Morgan fingerprint density at radius 2 is 1.36 bits per heavy atom. The number of benzene rings is 1. The number of aliphatic hydroxyl groups excluding tert-OH is 1. The smallest absolute Gasteiger partial charge is 0.566 e. The molecule has 0 radical (unpaired) electrons. The van der Waals surface area contributed by atoms with Crippen molar-refractivity contribution in [3.8, 4) is 0 Å². The predicted molar refractivity (Wildman–Crippen MR) is 56.8 cm³/mol. The van der Waals surface area contributed by atoms with Crippen molar-refractivity contribution >= 4 is 0 Å². The molecule has 0 aliphatic carbocycles. The normalized spacial score (nSPS) is 8.14. The Kier molecular flexibility index (Phi) is 17.5. The van der Waals surface area contributed by atoms with Crippen LogP contribution in [0.15, 0.2) is 36.4 Å². The van der Waals surface area contributed by atoms with Crippen molar-refractivity contribution in [2.24, 2.45) is 0 Å². The maximum absolute atomic E-state index is 8.17. The maximum Gasteiger partial charge on any atom is 1.00 e. The minimum Gasteiger partial charge on any atom is -0.566 e. The van der Waals surface area contributed by atoms with Crippen LogP contribution >= 0.6 is 0 Å². The first-order valence-electron chi connectivity index (χ1n) is 4.87. The van der Waals surface area contributed by atoms with Crippen molar-refractivity contribution in [1.82, 2.24) is 0 Å². The van der Waals surface area contributed by atoms with Crippen LogP contribution in [0, 0.1) is 6.61 Å². The van der Waals surface area contributed by atoms with Crippen molar-refractivity contribution in [1.29, 1.82) is 0 Å². The van der Waals surface area contributed by atoms with Crippen molar-refractivity contribution in [3.05, 3.63) is 43.0 Å². The summed E-state index contributed by atoms with van der Waals surface area (Å²) >= 11 is 0. The summed E-state index contributed by atoms with van der Waals surface area (Å²) in [5.74, 6) is 0. The molecule has 1 rings (SSSR count). The molecule has 0 aliphatic rings. The van der Waals surface area contributed by atoms with Crippen molar-refractivity contribution < 1.29 is 22.2 Å². The molecule has 0 heterocycles. The summed E-state index contributed by atoms with van der Waals surface area (Å²) in [5.41, 5.74) is 0.